The van der Waals surface area contributed by atoms with Gasteiger partial charge < -0.3 is 4.90 Å². The van der Waals surface area contributed by atoms with E-state index in [0.717, 1.165) is 50.0 Å². The molecule has 1 aliphatic rings. The van der Waals surface area contributed by atoms with Crippen LogP contribution in [-0.2, 0) is 6.54 Å². The quantitative estimate of drug-likeness (QED) is 0.602. The van der Waals surface area contributed by atoms with Crippen LogP contribution in [0.4, 0.5) is 0 Å². The highest BCUT2D eigenvalue weighted by Gasteiger charge is 2.25. The van der Waals surface area contributed by atoms with Crippen molar-refractivity contribution in [2.75, 3.05) is 32.4 Å². The number of carbonyl (C=O) groups excluding carboxylic acids is 1. The van der Waals surface area contributed by atoms with Gasteiger partial charge in [-0.2, -0.15) is 0 Å². The van der Waals surface area contributed by atoms with E-state index in [1.165, 1.54) is 5.56 Å². The molecule has 0 atom stereocenters. The van der Waals surface area contributed by atoms with Crippen molar-refractivity contribution in [3.05, 3.63) is 78.1 Å². The summed E-state index contributed by atoms with van der Waals surface area (Å²) in [7, 11) is 0. The summed E-state index contributed by atoms with van der Waals surface area (Å²) in [4.78, 5) is 22.3. The molecule has 0 aliphatic carbocycles. The third-order valence-electron chi connectivity index (χ3n) is 5.27. The lowest BCUT2D eigenvalue weighted by Crippen LogP contribution is -2.36. The first-order valence-corrected chi connectivity index (χ1v) is 11.2. The lowest BCUT2D eigenvalue weighted by Gasteiger charge is -2.22. The number of imidazole rings is 1. The van der Waals surface area contributed by atoms with Gasteiger partial charge in [0.2, 0.25) is 0 Å². The van der Waals surface area contributed by atoms with Crippen molar-refractivity contribution < 1.29 is 4.79 Å². The second-order valence-electron chi connectivity index (χ2n) is 7.21. The first-order valence-electron chi connectivity index (χ1n) is 9.99. The average Bonchev–Trinajstić information content (AvgIpc) is 3.07. The van der Waals surface area contributed by atoms with E-state index < -0.39 is 0 Å². The highest BCUT2D eigenvalue weighted by Crippen LogP contribution is 2.23. The summed E-state index contributed by atoms with van der Waals surface area (Å²) >= 11 is 1.55. The fraction of sp³-hybridized carbons (Fsp3) is 0.304. The van der Waals surface area contributed by atoms with Crippen LogP contribution in [0, 0.1) is 0 Å². The Labute approximate surface area is 176 Å². The zero-order valence-corrected chi connectivity index (χ0v) is 17.5. The average molecular weight is 407 g/mol. The maximum absolute atomic E-state index is 13.4. The topological polar surface area (TPSA) is 41.4 Å². The number of aromatic nitrogens is 2. The van der Waals surface area contributed by atoms with Crippen molar-refractivity contribution in [1.29, 1.82) is 0 Å². The van der Waals surface area contributed by atoms with Crippen LogP contribution in [0.15, 0.2) is 72.0 Å². The van der Waals surface area contributed by atoms with Crippen molar-refractivity contribution in [2.24, 2.45) is 0 Å². The van der Waals surface area contributed by atoms with Crippen LogP contribution in [-0.4, -0.2) is 57.7 Å². The predicted octanol–water partition coefficient (Wildman–Crippen LogP) is 3.94. The Morgan fingerprint density at radius 3 is 2.41 bits per heavy atom. The van der Waals surface area contributed by atoms with E-state index in [1.54, 1.807) is 18.0 Å². The third-order valence-corrected chi connectivity index (χ3v) is 5.92. The fourth-order valence-electron chi connectivity index (χ4n) is 3.79. The molecule has 1 aliphatic heterocycles. The van der Waals surface area contributed by atoms with Gasteiger partial charge in [0.1, 0.15) is 5.69 Å². The van der Waals surface area contributed by atoms with Gasteiger partial charge in [0.25, 0.3) is 5.91 Å². The number of thioether (sulfide) groups is 1. The van der Waals surface area contributed by atoms with Crippen molar-refractivity contribution in [3.63, 3.8) is 0 Å². The number of benzene rings is 2. The zero-order chi connectivity index (χ0) is 20.1. The molecule has 1 fully saturated rings. The maximum atomic E-state index is 13.4. The number of carbonyl (C=O) groups is 1. The van der Waals surface area contributed by atoms with Crippen LogP contribution in [0.2, 0.25) is 0 Å². The zero-order valence-electron chi connectivity index (χ0n) is 16.7. The van der Waals surface area contributed by atoms with E-state index in [2.05, 4.69) is 34.1 Å². The molecule has 2 heterocycles. The van der Waals surface area contributed by atoms with Gasteiger partial charge in [-0.25, -0.2) is 4.98 Å². The second kappa shape index (κ2) is 9.29. The number of para-hydroxylation sites is 1. The molecule has 2 aromatic carbocycles. The van der Waals surface area contributed by atoms with Crippen molar-refractivity contribution in [3.8, 4) is 5.69 Å². The number of hydrogen-bond acceptors (Lipinski definition) is 4. The molecule has 6 heteroatoms. The first-order chi connectivity index (χ1) is 14.3. The van der Waals surface area contributed by atoms with Crippen LogP contribution in [0.1, 0.15) is 22.5 Å². The van der Waals surface area contributed by atoms with Crippen LogP contribution in [0.5, 0.6) is 0 Å². The Morgan fingerprint density at radius 1 is 0.966 bits per heavy atom. The molecule has 4 rings (SSSR count). The predicted molar refractivity (Wildman–Crippen MR) is 118 cm³/mol. The maximum Gasteiger partial charge on any atom is 0.272 e. The van der Waals surface area contributed by atoms with E-state index in [4.69, 9.17) is 0 Å². The molecule has 5 nitrogen and oxygen atoms in total. The molecule has 0 bridgehead atoms. The molecular weight excluding hydrogens is 380 g/mol. The van der Waals surface area contributed by atoms with Crippen molar-refractivity contribution >= 4 is 17.7 Å². The molecule has 1 aromatic heterocycles. The molecule has 0 unspecified atom stereocenters. The van der Waals surface area contributed by atoms with Gasteiger partial charge in [0.15, 0.2) is 5.16 Å². The lowest BCUT2D eigenvalue weighted by atomic mass is 10.2. The summed E-state index contributed by atoms with van der Waals surface area (Å²) in [6, 6.07) is 20.5. The number of amides is 1. The van der Waals surface area contributed by atoms with E-state index in [1.807, 2.05) is 52.1 Å². The van der Waals surface area contributed by atoms with E-state index >= 15 is 0 Å². The minimum Gasteiger partial charge on any atom is -0.336 e. The Bertz CT molecular complexity index is 942. The standard InChI is InChI=1S/C23H26N4OS/c1-29-23-24-17-21(27(23)20-11-6-3-7-12-20)22(28)26-14-8-13-25(15-16-26)18-19-9-4-2-5-10-19/h2-7,9-12,17H,8,13-16,18H2,1H3. The van der Waals surface area contributed by atoms with Gasteiger partial charge >= 0.3 is 0 Å². The van der Waals surface area contributed by atoms with Gasteiger partial charge in [-0.3, -0.25) is 14.3 Å². The first kappa shape index (κ1) is 19.7. The van der Waals surface area contributed by atoms with Gasteiger partial charge in [-0.05, 0) is 30.4 Å². The molecule has 3 aromatic rings. The fourth-order valence-corrected chi connectivity index (χ4v) is 4.34. The molecule has 0 N–H and O–H groups in total. The highest BCUT2D eigenvalue weighted by atomic mass is 32.2. The minimum atomic E-state index is 0.0585. The molecule has 0 saturated carbocycles. The van der Waals surface area contributed by atoms with Gasteiger partial charge in [0, 0.05) is 38.4 Å². The summed E-state index contributed by atoms with van der Waals surface area (Å²) in [6.07, 6.45) is 4.69. The highest BCUT2D eigenvalue weighted by molar-refractivity contribution is 7.98. The second-order valence-corrected chi connectivity index (χ2v) is 7.98. The number of rotatable bonds is 5. The number of nitrogens with zero attached hydrogens (tertiary/aromatic N) is 4. The van der Waals surface area contributed by atoms with Gasteiger partial charge in [0.05, 0.1) is 6.20 Å². The van der Waals surface area contributed by atoms with Crippen molar-refractivity contribution in [2.45, 2.75) is 18.1 Å². The Morgan fingerprint density at radius 2 is 1.69 bits per heavy atom. The molecular formula is C23H26N4OS. The minimum absolute atomic E-state index is 0.0585. The summed E-state index contributed by atoms with van der Waals surface area (Å²) in [6.45, 7) is 4.34. The van der Waals surface area contributed by atoms with E-state index in [0.29, 0.717) is 5.69 Å². The number of hydrogen-bond donors (Lipinski definition) is 0. The summed E-state index contributed by atoms with van der Waals surface area (Å²) in [5, 5.41) is 0.833. The molecule has 0 spiro atoms. The summed E-state index contributed by atoms with van der Waals surface area (Å²) in [5.41, 5.74) is 2.93. The van der Waals surface area contributed by atoms with Crippen LogP contribution in [0.3, 0.4) is 0 Å². The Balaban J connectivity index is 1.50. The van der Waals surface area contributed by atoms with E-state index in [-0.39, 0.29) is 5.91 Å². The molecule has 29 heavy (non-hydrogen) atoms. The Hall–Kier alpha value is -2.57. The van der Waals surface area contributed by atoms with Gasteiger partial charge in [-0.1, -0.05) is 60.3 Å². The molecule has 1 amide bonds. The van der Waals surface area contributed by atoms with Crippen LogP contribution in [0.25, 0.3) is 5.69 Å². The molecule has 0 radical (unpaired) electrons. The SMILES string of the molecule is CSc1ncc(C(=O)N2CCCN(Cc3ccccc3)CC2)n1-c1ccccc1. The van der Waals surface area contributed by atoms with Crippen LogP contribution < -0.4 is 0 Å². The normalized spacial score (nSPS) is 15.3. The van der Waals surface area contributed by atoms with Gasteiger partial charge in [-0.15, -0.1) is 0 Å². The third kappa shape index (κ3) is 4.54. The van der Waals surface area contributed by atoms with Crippen molar-refractivity contribution in [1.82, 2.24) is 19.4 Å². The summed E-state index contributed by atoms with van der Waals surface area (Å²) < 4.78 is 1.97. The lowest BCUT2D eigenvalue weighted by molar-refractivity contribution is 0.0752. The Kier molecular flexibility index (Phi) is 6.32. The summed E-state index contributed by atoms with van der Waals surface area (Å²) in [5.74, 6) is 0.0585. The molecule has 1 saturated heterocycles. The van der Waals surface area contributed by atoms with E-state index in [9.17, 15) is 4.79 Å². The molecule has 150 valence electrons. The monoisotopic (exact) mass is 406 g/mol. The smallest absolute Gasteiger partial charge is 0.272 e. The largest absolute Gasteiger partial charge is 0.336 e. The van der Waals surface area contributed by atoms with Crippen LogP contribution >= 0.6 is 11.8 Å².